The highest BCUT2D eigenvalue weighted by atomic mass is 16.7. The van der Waals surface area contributed by atoms with Crippen LogP contribution in [0, 0.1) is 6.92 Å². The predicted octanol–water partition coefficient (Wildman–Crippen LogP) is 0.651. The Morgan fingerprint density at radius 1 is 1.33 bits per heavy atom. The molecule has 0 atom stereocenters. The van der Waals surface area contributed by atoms with E-state index in [0.29, 0.717) is 11.4 Å². The van der Waals surface area contributed by atoms with E-state index in [9.17, 15) is 10.1 Å². The molecule has 102 valence electrons. The maximum Gasteiger partial charge on any atom is 0.710 e. The average Bonchev–Trinajstić information content (AvgIpc) is 2.41. The Bertz CT molecular complexity index is 412. The fraction of sp³-hybridized carbons (Fsp3) is 0.727. The van der Waals surface area contributed by atoms with Crippen molar-refractivity contribution in [2.75, 3.05) is 0 Å². The molecule has 7 heteroatoms. The van der Waals surface area contributed by atoms with Crippen LogP contribution in [0.4, 0.5) is 0 Å². The van der Waals surface area contributed by atoms with E-state index in [1.54, 1.807) is 52.5 Å². The second-order valence-electron chi connectivity index (χ2n) is 5.36. The summed E-state index contributed by atoms with van der Waals surface area (Å²) in [5, 5.41) is 23.7. The first-order chi connectivity index (χ1) is 8.03. The third-order valence-electron chi connectivity index (χ3n) is 3.07. The lowest BCUT2D eigenvalue weighted by molar-refractivity contribution is -0.108. The molecule has 1 aromatic rings. The molecule has 0 spiro atoms. The van der Waals surface area contributed by atoms with Gasteiger partial charge in [-0.05, 0) is 34.6 Å². The standard InChI is InChI=1S/C11H21BN2O4/c1-8-9(7-14(6)13-8)17-12(16)18-11(4,5)10(2,3)15/h7,15-16H,1-6H3. The van der Waals surface area contributed by atoms with Gasteiger partial charge >= 0.3 is 7.32 Å². The molecular weight excluding hydrogens is 235 g/mol. The maximum absolute atomic E-state index is 9.91. The van der Waals surface area contributed by atoms with Crippen molar-refractivity contribution < 1.29 is 19.4 Å². The van der Waals surface area contributed by atoms with Crippen LogP contribution in [0.3, 0.4) is 0 Å². The van der Waals surface area contributed by atoms with Crippen LogP contribution in [0.1, 0.15) is 33.4 Å². The molecule has 0 unspecified atom stereocenters. The van der Waals surface area contributed by atoms with E-state index >= 15 is 0 Å². The van der Waals surface area contributed by atoms with Crippen LogP contribution in [0.15, 0.2) is 6.20 Å². The quantitative estimate of drug-likeness (QED) is 0.756. The van der Waals surface area contributed by atoms with E-state index < -0.39 is 18.5 Å². The highest BCUT2D eigenvalue weighted by Gasteiger charge is 2.41. The minimum atomic E-state index is -1.46. The number of aromatic nitrogens is 2. The van der Waals surface area contributed by atoms with Crippen molar-refractivity contribution in [2.45, 2.75) is 45.8 Å². The van der Waals surface area contributed by atoms with Crippen LogP contribution >= 0.6 is 0 Å². The summed E-state index contributed by atoms with van der Waals surface area (Å²) in [6.45, 7) is 8.33. The fourth-order valence-electron chi connectivity index (χ4n) is 1.22. The summed E-state index contributed by atoms with van der Waals surface area (Å²) < 4.78 is 12.1. The summed E-state index contributed by atoms with van der Waals surface area (Å²) in [7, 11) is 0.294. The van der Waals surface area contributed by atoms with Crippen molar-refractivity contribution in [2.24, 2.45) is 7.05 Å². The number of nitrogens with zero attached hydrogens (tertiary/aromatic N) is 2. The minimum absolute atomic E-state index is 0.441. The van der Waals surface area contributed by atoms with Gasteiger partial charge in [-0.15, -0.1) is 0 Å². The Kier molecular flexibility index (Phi) is 4.10. The van der Waals surface area contributed by atoms with E-state index in [2.05, 4.69) is 5.10 Å². The average molecular weight is 256 g/mol. The topological polar surface area (TPSA) is 76.7 Å². The van der Waals surface area contributed by atoms with E-state index in [0.717, 1.165) is 0 Å². The molecule has 0 saturated carbocycles. The van der Waals surface area contributed by atoms with Crippen LogP contribution in [0.5, 0.6) is 5.75 Å². The molecule has 2 N–H and O–H groups in total. The predicted molar refractivity (Wildman–Crippen MR) is 68.0 cm³/mol. The van der Waals surface area contributed by atoms with Gasteiger partial charge < -0.3 is 19.4 Å². The normalized spacial score (nSPS) is 12.7. The Labute approximate surface area is 108 Å². The molecule has 1 rings (SSSR count). The highest BCUT2D eigenvalue weighted by Crippen LogP contribution is 2.26. The molecule has 6 nitrogen and oxygen atoms in total. The summed E-state index contributed by atoms with van der Waals surface area (Å²) in [4.78, 5) is 0. The molecule has 0 aliphatic heterocycles. The molecule has 18 heavy (non-hydrogen) atoms. The van der Waals surface area contributed by atoms with E-state index in [-0.39, 0.29) is 0 Å². The van der Waals surface area contributed by atoms with Crippen LogP contribution in [-0.2, 0) is 11.7 Å². The lowest BCUT2D eigenvalue weighted by Gasteiger charge is -2.37. The van der Waals surface area contributed by atoms with Crippen molar-refractivity contribution in [3.05, 3.63) is 11.9 Å². The van der Waals surface area contributed by atoms with Crippen LogP contribution < -0.4 is 4.65 Å². The van der Waals surface area contributed by atoms with E-state index in [1.165, 1.54) is 0 Å². The monoisotopic (exact) mass is 256 g/mol. The van der Waals surface area contributed by atoms with Gasteiger partial charge in [0.2, 0.25) is 0 Å². The van der Waals surface area contributed by atoms with Crippen LogP contribution in [0.2, 0.25) is 0 Å². The molecule has 0 aliphatic rings. The molecule has 1 heterocycles. The van der Waals surface area contributed by atoms with E-state index in [4.69, 9.17) is 9.31 Å². The SMILES string of the molecule is Cc1nn(C)cc1OB(O)OC(C)(C)C(C)(C)O. The first-order valence-electron chi connectivity index (χ1n) is 5.78. The summed E-state index contributed by atoms with van der Waals surface area (Å²) in [6.07, 6.45) is 1.64. The first-order valence-corrected chi connectivity index (χ1v) is 5.78. The number of hydrogen-bond donors (Lipinski definition) is 2. The summed E-state index contributed by atoms with van der Waals surface area (Å²) >= 11 is 0. The number of rotatable bonds is 5. The summed E-state index contributed by atoms with van der Waals surface area (Å²) in [6, 6.07) is 0. The van der Waals surface area contributed by atoms with Gasteiger partial charge in [0.05, 0.1) is 23.1 Å². The Morgan fingerprint density at radius 2 is 1.89 bits per heavy atom. The van der Waals surface area contributed by atoms with Gasteiger partial charge in [0, 0.05) is 7.05 Å². The highest BCUT2D eigenvalue weighted by molar-refractivity contribution is 6.35. The van der Waals surface area contributed by atoms with Gasteiger partial charge in [0.25, 0.3) is 0 Å². The second kappa shape index (κ2) is 4.91. The van der Waals surface area contributed by atoms with Crippen molar-refractivity contribution in [1.82, 2.24) is 9.78 Å². The largest absolute Gasteiger partial charge is 0.710 e. The number of hydrogen-bond acceptors (Lipinski definition) is 5. The minimum Gasteiger partial charge on any atom is -0.509 e. The molecule has 1 aromatic heterocycles. The van der Waals surface area contributed by atoms with Gasteiger partial charge in [-0.2, -0.15) is 5.10 Å². The Balaban J connectivity index is 2.68. The molecule has 0 aromatic carbocycles. The van der Waals surface area contributed by atoms with Gasteiger partial charge in [-0.1, -0.05) is 0 Å². The first kappa shape index (κ1) is 15.0. The Hall–Kier alpha value is -1.05. The van der Waals surface area contributed by atoms with Crippen LogP contribution in [-0.4, -0.2) is 38.4 Å². The van der Waals surface area contributed by atoms with Crippen LogP contribution in [0.25, 0.3) is 0 Å². The van der Waals surface area contributed by atoms with Crippen molar-refractivity contribution >= 4 is 7.32 Å². The molecule has 0 aliphatic carbocycles. The van der Waals surface area contributed by atoms with Crippen molar-refractivity contribution in [3.63, 3.8) is 0 Å². The lowest BCUT2D eigenvalue weighted by Crippen LogP contribution is -2.51. The third kappa shape index (κ3) is 3.47. The second-order valence-corrected chi connectivity index (χ2v) is 5.36. The zero-order chi connectivity index (χ0) is 14.1. The van der Waals surface area contributed by atoms with Crippen molar-refractivity contribution in [3.8, 4) is 5.75 Å². The third-order valence-corrected chi connectivity index (χ3v) is 3.07. The zero-order valence-electron chi connectivity index (χ0n) is 11.8. The van der Waals surface area contributed by atoms with Gasteiger partial charge in [0.1, 0.15) is 5.75 Å². The maximum atomic E-state index is 9.91. The molecule has 0 bridgehead atoms. The molecule has 0 saturated heterocycles. The van der Waals surface area contributed by atoms with Gasteiger partial charge in [-0.25, -0.2) is 0 Å². The molecule has 0 fully saturated rings. The van der Waals surface area contributed by atoms with Gasteiger partial charge in [-0.3, -0.25) is 4.68 Å². The van der Waals surface area contributed by atoms with Crippen molar-refractivity contribution in [1.29, 1.82) is 0 Å². The smallest absolute Gasteiger partial charge is 0.509 e. The molecular formula is C11H21BN2O4. The number of aliphatic hydroxyl groups is 1. The van der Waals surface area contributed by atoms with E-state index in [1.807, 2.05) is 0 Å². The lowest BCUT2D eigenvalue weighted by atomic mass is 9.88. The molecule has 0 radical (unpaired) electrons. The molecule has 0 amide bonds. The Morgan fingerprint density at radius 3 is 2.28 bits per heavy atom. The van der Waals surface area contributed by atoms with Gasteiger partial charge in [0.15, 0.2) is 0 Å². The summed E-state index contributed by atoms with van der Waals surface area (Å²) in [5.41, 5.74) is -1.41. The zero-order valence-corrected chi connectivity index (χ0v) is 11.8. The number of aryl methyl sites for hydroxylation is 2. The summed E-state index contributed by atoms with van der Waals surface area (Å²) in [5.74, 6) is 0.441. The fourth-order valence-corrected chi connectivity index (χ4v) is 1.22.